The van der Waals surface area contributed by atoms with E-state index in [1.807, 2.05) is 19.1 Å². The predicted molar refractivity (Wildman–Crippen MR) is 106 cm³/mol. The van der Waals surface area contributed by atoms with Crippen molar-refractivity contribution in [2.24, 2.45) is 11.1 Å². The Labute approximate surface area is 160 Å². The molecule has 3 N–H and O–H groups in total. The minimum absolute atomic E-state index is 0.0452. The summed E-state index contributed by atoms with van der Waals surface area (Å²) < 4.78 is 27.8. The van der Waals surface area contributed by atoms with E-state index in [0.717, 1.165) is 12.0 Å². The number of aryl methyl sites for hydroxylation is 1. The minimum Gasteiger partial charge on any atom is -0.338 e. The molecule has 0 radical (unpaired) electrons. The van der Waals surface area contributed by atoms with Crippen molar-refractivity contribution in [3.8, 4) is 0 Å². The average Bonchev–Trinajstić information content (AvgIpc) is 3.06. The highest BCUT2D eigenvalue weighted by Crippen LogP contribution is 2.29. The third kappa shape index (κ3) is 4.14. The molecule has 0 saturated carbocycles. The summed E-state index contributed by atoms with van der Waals surface area (Å²) in [5.74, 6) is -0.0945. The molecule has 0 bridgehead atoms. The second kappa shape index (κ2) is 7.32. The standard InChI is InChI=1S/C20H25N3O3S/c1-15-5-3-4-6-18(15)22-27(25,26)17-9-7-16(8-10-17)19(24)23-12-11-20(2,13-21)14-23/h3-10,22H,11-14,21H2,1-2H3. The Morgan fingerprint density at radius 2 is 1.85 bits per heavy atom. The molecule has 2 aromatic carbocycles. The molecule has 1 aliphatic heterocycles. The maximum Gasteiger partial charge on any atom is 0.261 e. The summed E-state index contributed by atoms with van der Waals surface area (Å²) in [5.41, 5.74) is 7.61. The van der Waals surface area contributed by atoms with Crippen LogP contribution in [0.2, 0.25) is 0 Å². The minimum atomic E-state index is -3.71. The highest BCUT2D eigenvalue weighted by molar-refractivity contribution is 7.92. The van der Waals surface area contributed by atoms with Crippen molar-refractivity contribution in [2.45, 2.75) is 25.2 Å². The monoisotopic (exact) mass is 387 g/mol. The van der Waals surface area contributed by atoms with Crippen molar-refractivity contribution < 1.29 is 13.2 Å². The van der Waals surface area contributed by atoms with Gasteiger partial charge in [0.2, 0.25) is 0 Å². The van der Waals surface area contributed by atoms with Gasteiger partial charge < -0.3 is 10.6 Å². The molecular formula is C20H25N3O3S. The van der Waals surface area contributed by atoms with Crippen LogP contribution < -0.4 is 10.5 Å². The predicted octanol–water partition coefficient (Wildman–Crippen LogP) is 2.61. The average molecular weight is 388 g/mol. The Kier molecular flexibility index (Phi) is 5.26. The van der Waals surface area contributed by atoms with E-state index >= 15 is 0 Å². The summed E-state index contributed by atoms with van der Waals surface area (Å²) in [5, 5.41) is 0. The number of hydrogen-bond donors (Lipinski definition) is 2. The van der Waals surface area contributed by atoms with Crippen LogP contribution in [0, 0.1) is 12.3 Å². The van der Waals surface area contributed by atoms with Crippen LogP contribution in [0.25, 0.3) is 0 Å². The van der Waals surface area contributed by atoms with E-state index in [1.54, 1.807) is 29.2 Å². The number of nitrogens with zero attached hydrogens (tertiary/aromatic N) is 1. The second-order valence-electron chi connectivity index (χ2n) is 7.44. The Bertz CT molecular complexity index is 941. The van der Waals surface area contributed by atoms with E-state index in [-0.39, 0.29) is 16.2 Å². The maximum absolute atomic E-state index is 12.7. The summed E-state index contributed by atoms with van der Waals surface area (Å²) >= 11 is 0. The highest BCUT2D eigenvalue weighted by atomic mass is 32.2. The number of anilines is 1. The number of para-hydroxylation sites is 1. The van der Waals surface area contributed by atoms with Crippen molar-refractivity contribution in [2.75, 3.05) is 24.4 Å². The summed E-state index contributed by atoms with van der Waals surface area (Å²) in [7, 11) is -3.71. The fourth-order valence-corrected chi connectivity index (χ4v) is 4.34. The molecule has 1 unspecified atom stereocenters. The van der Waals surface area contributed by atoms with Crippen molar-refractivity contribution >= 4 is 21.6 Å². The van der Waals surface area contributed by atoms with E-state index in [2.05, 4.69) is 11.6 Å². The molecule has 1 saturated heterocycles. The molecule has 6 nitrogen and oxygen atoms in total. The third-order valence-electron chi connectivity index (χ3n) is 5.14. The van der Waals surface area contributed by atoms with E-state index in [4.69, 9.17) is 5.73 Å². The number of amides is 1. The molecule has 2 aromatic rings. The quantitative estimate of drug-likeness (QED) is 0.825. The second-order valence-corrected chi connectivity index (χ2v) is 9.12. The Balaban J connectivity index is 1.75. The van der Waals surface area contributed by atoms with Gasteiger partial charge in [0.25, 0.3) is 15.9 Å². The molecule has 0 aliphatic carbocycles. The van der Waals surface area contributed by atoms with Gasteiger partial charge in [0.15, 0.2) is 0 Å². The van der Waals surface area contributed by atoms with Crippen LogP contribution in [0.3, 0.4) is 0 Å². The zero-order valence-corrected chi connectivity index (χ0v) is 16.4. The number of nitrogens with two attached hydrogens (primary N) is 1. The van der Waals surface area contributed by atoms with Crippen molar-refractivity contribution in [3.05, 3.63) is 59.7 Å². The normalized spacial score (nSPS) is 19.9. The molecular weight excluding hydrogens is 362 g/mol. The summed E-state index contributed by atoms with van der Waals surface area (Å²) in [6, 6.07) is 13.2. The number of likely N-dealkylation sites (tertiary alicyclic amines) is 1. The van der Waals surface area contributed by atoms with E-state index in [0.29, 0.717) is 30.9 Å². The van der Waals surface area contributed by atoms with Crippen molar-refractivity contribution in [3.63, 3.8) is 0 Å². The van der Waals surface area contributed by atoms with Gasteiger partial charge in [-0.3, -0.25) is 9.52 Å². The number of benzene rings is 2. The molecule has 1 aliphatic rings. The zero-order valence-electron chi connectivity index (χ0n) is 15.6. The summed E-state index contributed by atoms with van der Waals surface area (Å²) in [4.78, 5) is 14.6. The van der Waals surface area contributed by atoms with Crippen molar-refractivity contribution in [1.29, 1.82) is 0 Å². The van der Waals surface area contributed by atoms with E-state index in [9.17, 15) is 13.2 Å². The van der Waals surface area contributed by atoms with E-state index < -0.39 is 10.0 Å². The van der Waals surface area contributed by atoms with Gasteiger partial charge in [-0.05, 0) is 61.2 Å². The lowest BCUT2D eigenvalue weighted by molar-refractivity contribution is 0.0777. The fraction of sp³-hybridized carbons (Fsp3) is 0.350. The van der Waals surface area contributed by atoms with Gasteiger partial charge in [0.05, 0.1) is 10.6 Å². The molecule has 1 heterocycles. The van der Waals surface area contributed by atoms with E-state index in [1.165, 1.54) is 12.1 Å². The lowest BCUT2D eigenvalue weighted by Gasteiger charge is -2.22. The van der Waals surface area contributed by atoms with Gasteiger partial charge in [-0.2, -0.15) is 0 Å². The number of carbonyl (C=O) groups excluding carboxylic acids is 1. The lowest BCUT2D eigenvalue weighted by atomic mass is 9.90. The van der Waals surface area contributed by atoms with Crippen molar-refractivity contribution in [1.82, 2.24) is 4.90 Å². The largest absolute Gasteiger partial charge is 0.338 e. The molecule has 3 rings (SSSR count). The van der Waals surface area contributed by atoms with Crippen LogP contribution in [0.4, 0.5) is 5.69 Å². The first-order valence-electron chi connectivity index (χ1n) is 8.92. The molecule has 0 spiro atoms. The van der Waals surface area contributed by atoms with Crippen LogP contribution in [0.1, 0.15) is 29.3 Å². The van der Waals surface area contributed by atoms with Crippen LogP contribution in [0.5, 0.6) is 0 Å². The number of nitrogens with one attached hydrogen (secondary N) is 1. The highest BCUT2D eigenvalue weighted by Gasteiger charge is 2.35. The molecule has 1 amide bonds. The fourth-order valence-electron chi connectivity index (χ4n) is 3.21. The summed E-state index contributed by atoms with van der Waals surface area (Å²) in [6.45, 7) is 5.75. The van der Waals surface area contributed by atoms with Crippen LogP contribution in [-0.4, -0.2) is 38.9 Å². The molecule has 1 fully saturated rings. The van der Waals surface area contributed by atoms with Gasteiger partial charge in [-0.25, -0.2) is 8.42 Å². The van der Waals surface area contributed by atoms with Crippen LogP contribution >= 0.6 is 0 Å². The molecule has 7 heteroatoms. The van der Waals surface area contributed by atoms with Gasteiger partial charge in [-0.15, -0.1) is 0 Å². The van der Waals surface area contributed by atoms with Gasteiger partial charge in [-0.1, -0.05) is 25.1 Å². The Morgan fingerprint density at radius 3 is 2.44 bits per heavy atom. The first-order valence-corrected chi connectivity index (χ1v) is 10.4. The maximum atomic E-state index is 12.7. The van der Waals surface area contributed by atoms with Gasteiger partial charge in [0, 0.05) is 18.7 Å². The SMILES string of the molecule is Cc1ccccc1NS(=O)(=O)c1ccc(C(=O)N2CCC(C)(CN)C2)cc1. The topological polar surface area (TPSA) is 92.5 Å². The number of rotatable bonds is 5. The Hall–Kier alpha value is -2.38. The smallest absolute Gasteiger partial charge is 0.261 e. The van der Waals surface area contributed by atoms with Crippen LogP contribution in [-0.2, 0) is 10.0 Å². The van der Waals surface area contributed by atoms with Crippen LogP contribution in [0.15, 0.2) is 53.4 Å². The molecule has 27 heavy (non-hydrogen) atoms. The van der Waals surface area contributed by atoms with Gasteiger partial charge >= 0.3 is 0 Å². The number of hydrogen-bond acceptors (Lipinski definition) is 4. The Morgan fingerprint density at radius 1 is 1.19 bits per heavy atom. The zero-order chi connectivity index (χ0) is 19.7. The number of carbonyl (C=O) groups is 1. The first kappa shape index (κ1) is 19.4. The molecule has 144 valence electrons. The summed E-state index contributed by atoms with van der Waals surface area (Å²) in [6.07, 6.45) is 0.877. The number of sulfonamides is 1. The lowest BCUT2D eigenvalue weighted by Crippen LogP contribution is -2.34. The van der Waals surface area contributed by atoms with Gasteiger partial charge in [0.1, 0.15) is 0 Å². The third-order valence-corrected chi connectivity index (χ3v) is 6.52. The molecule has 0 aromatic heterocycles. The molecule has 1 atom stereocenters. The first-order chi connectivity index (χ1) is 12.7.